The zero-order chi connectivity index (χ0) is 9.14. The quantitative estimate of drug-likeness (QED) is 0.676. The van der Waals surface area contributed by atoms with E-state index >= 15 is 0 Å². The molecule has 0 heterocycles. The molecule has 4 unspecified atom stereocenters. The van der Waals surface area contributed by atoms with Gasteiger partial charge in [-0.25, -0.2) is 0 Å². The molecule has 0 aromatic carbocycles. The molecule has 1 saturated carbocycles. The van der Waals surface area contributed by atoms with Crippen LogP contribution in [-0.2, 0) is 0 Å². The van der Waals surface area contributed by atoms with Gasteiger partial charge in [0.15, 0.2) is 0 Å². The minimum atomic E-state index is 0.458. The van der Waals surface area contributed by atoms with Gasteiger partial charge in [-0.3, -0.25) is 0 Å². The first kappa shape index (κ1) is 10.0. The van der Waals surface area contributed by atoms with Gasteiger partial charge in [0.2, 0.25) is 0 Å². The molecular formula is C11H23N. The molecule has 1 heteroatoms. The van der Waals surface area contributed by atoms with Crippen molar-refractivity contribution < 1.29 is 0 Å². The third-order valence-electron chi connectivity index (χ3n) is 3.72. The zero-order valence-electron chi connectivity index (χ0n) is 8.72. The highest BCUT2D eigenvalue weighted by molar-refractivity contribution is 4.81. The van der Waals surface area contributed by atoms with Crippen LogP contribution in [0.25, 0.3) is 0 Å². The van der Waals surface area contributed by atoms with Crippen LogP contribution in [0.15, 0.2) is 0 Å². The van der Waals surface area contributed by atoms with Gasteiger partial charge in [-0.15, -0.1) is 0 Å². The molecule has 0 radical (unpaired) electrons. The topological polar surface area (TPSA) is 26.0 Å². The molecule has 1 fully saturated rings. The minimum absolute atomic E-state index is 0.458. The second kappa shape index (κ2) is 4.27. The normalized spacial score (nSPS) is 39.5. The van der Waals surface area contributed by atoms with Crippen LogP contribution >= 0.6 is 0 Å². The fraction of sp³-hybridized carbons (Fsp3) is 1.00. The van der Waals surface area contributed by atoms with Crippen molar-refractivity contribution >= 4 is 0 Å². The Kier molecular flexibility index (Phi) is 3.57. The first-order chi connectivity index (χ1) is 5.65. The Morgan fingerprint density at radius 3 is 2.42 bits per heavy atom. The van der Waals surface area contributed by atoms with Gasteiger partial charge in [0.1, 0.15) is 0 Å². The van der Waals surface area contributed by atoms with Gasteiger partial charge in [-0.05, 0) is 37.0 Å². The number of rotatable bonds is 2. The third-order valence-corrected chi connectivity index (χ3v) is 3.72. The van der Waals surface area contributed by atoms with Gasteiger partial charge in [0.05, 0.1) is 0 Å². The summed E-state index contributed by atoms with van der Waals surface area (Å²) in [6.45, 7) is 6.95. The van der Waals surface area contributed by atoms with Crippen molar-refractivity contribution in [3.8, 4) is 0 Å². The van der Waals surface area contributed by atoms with Crippen molar-refractivity contribution in [3.63, 3.8) is 0 Å². The molecule has 12 heavy (non-hydrogen) atoms. The van der Waals surface area contributed by atoms with Crippen molar-refractivity contribution in [3.05, 3.63) is 0 Å². The van der Waals surface area contributed by atoms with Crippen LogP contribution in [0.3, 0.4) is 0 Å². The summed E-state index contributed by atoms with van der Waals surface area (Å²) in [4.78, 5) is 0. The standard InChI is InChI=1S/C11H23N/c1-4-11(12)10-6-5-8(2)9(3)7-10/h8-11H,4-7,12H2,1-3H3. The Bertz CT molecular complexity index is 133. The maximum Gasteiger partial charge on any atom is 0.00646 e. The molecule has 0 aromatic heterocycles. The van der Waals surface area contributed by atoms with E-state index in [9.17, 15) is 0 Å². The van der Waals surface area contributed by atoms with Gasteiger partial charge in [-0.1, -0.05) is 27.2 Å². The molecule has 1 nitrogen and oxygen atoms in total. The van der Waals surface area contributed by atoms with E-state index < -0.39 is 0 Å². The number of hydrogen-bond acceptors (Lipinski definition) is 1. The van der Waals surface area contributed by atoms with E-state index in [4.69, 9.17) is 5.73 Å². The predicted molar refractivity (Wildman–Crippen MR) is 53.9 cm³/mol. The lowest BCUT2D eigenvalue weighted by atomic mass is 9.73. The molecule has 0 bridgehead atoms. The van der Waals surface area contributed by atoms with Gasteiger partial charge < -0.3 is 5.73 Å². The monoisotopic (exact) mass is 169 g/mol. The summed E-state index contributed by atoms with van der Waals surface area (Å²) in [7, 11) is 0. The fourth-order valence-corrected chi connectivity index (χ4v) is 2.31. The molecule has 0 saturated heterocycles. The van der Waals surface area contributed by atoms with E-state index in [-0.39, 0.29) is 0 Å². The Labute approximate surface area is 76.7 Å². The maximum atomic E-state index is 6.06. The molecule has 1 aliphatic rings. The van der Waals surface area contributed by atoms with Crippen LogP contribution in [0.1, 0.15) is 46.5 Å². The molecule has 1 aliphatic carbocycles. The SMILES string of the molecule is CCC(N)C1CCC(C)C(C)C1. The minimum Gasteiger partial charge on any atom is -0.327 e. The van der Waals surface area contributed by atoms with Crippen molar-refractivity contribution in [2.24, 2.45) is 23.5 Å². The summed E-state index contributed by atoms with van der Waals surface area (Å²) in [5, 5.41) is 0. The first-order valence-corrected chi connectivity index (χ1v) is 5.40. The third kappa shape index (κ3) is 2.22. The van der Waals surface area contributed by atoms with Crippen molar-refractivity contribution in [2.45, 2.75) is 52.5 Å². The lowest BCUT2D eigenvalue weighted by molar-refractivity contribution is 0.183. The molecule has 4 atom stereocenters. The average molecular weight is 169 g/mol. The highest BCUT2D eigenvalue weighted by atomic mass is 14.6. The largest absolute Gasteiger partial charge is 0.327 e. The Hall–Kier alpha value is -0.0400. The Morgan fingerprint density at radius 1 is 1.25 bits per heavy atom. The summed E-state index contributed by atoms with van der Waals surface area (Å²) >= 11 is 0. The Balaban J connectivity index is 2.39. The Morgan fingerprint density at radius 2 is 1.92 bits per heavy atom. The van der Waals surface area contributed by atoms with E-state index in [0.29, 0.717) is 6.04 Å². The molecule has 72 valence electrons. The molecule has 0 amide bonds. The predicted octanol–water partition coefficient (Wildman–Crippen LogP) is 2.80. The zero-order valence-corrected chi connectivity index (χ0v) is 8.72. The van der Waals surface area contributed by atoms with Crippen LogP contribution < -0.4 is 5.73 Å². The van der Waals surface area contributed by atoms with Crippen LogP contribution in [0, 0.1) is 17.8 Å². The second-order valence-electron chi connectivity index (χ2n) is 4.60. The lowest BCUT2D eigenvalue weighted by Gasteiger charge is -2.34. The highest BCUT2D eigenvalue weighted by Crippen LogP contribution is 2.34. The summed E-state index contributed by atoms with van der Waals surface area (Å²) < 4.78 is 0. The smallest absolute Gasteiger partial charge is 0.00646 e. The van der Waals surface area contributed by atoms with Gasteiger partial charge in [-0.2, -0.15) is 0 Å². The highest BCUT2D eigenvalue weighted by Gasteiger charge is 2.27. The molecule has 1 rings (SSSR count). The van der Waals surface area contributed by atoms with E-state index in [0.717, 1.165) is 24.2 Å². The lowest BCUT2D eigenvalue weighted by Crippen LogP contribution is -2.34. The fourth-order valence-electron chi connectivity index (χ4n) is 2.31. The molecule has 0 aromatic rings. The maximum absolute atomic E-state index is 6.06. The van der Waals surface area contributed by atoms with Crippen LogP contribution in [0.2, 0.25) is 0 Å². The van der Waals surface area contributed by atoms with Crippen LogP contribution in [0.5, 0.6) is 0 Å². The van der Waals surface area contributed by atoms with Crippen LogP contribution in [0.4, 0.5) is 0 Å². The van der Waals surface area contributed by atoms with Crippen LogP contribution in [-0.4, -0.2) is 6.04 Å². The molecule has 2 N–H and O–H groups in total. The molecular weight excluding hydrogens is 146 g/mol. The van der Waals surface area contributed by atoms with E-state index in [1.54, 1.807) is 0 Å². The average Bonchev–Trinajstić information content (AvgIpc) is 2.08. The summed E-state index contributed by atoms with van der Waals surface area (Å²) in [5.74, 6) is 2.62. The van der Waals surface area contributed by atoms with Gasteiger partial charge >= 0.3 is 0 Å². The van der Waals surface area contributed by atoms with E-state index in [1.807, 2.05) is 0 Å². The second-order valence-corrected chi connectivity index (χ2v) is 4.60. The van der Waals surface area contributed by atoms with Crippen molar-refractivity contribution in [2.75, 3.05) is 0 Å². The van der Waals surface area contributed by atoms with Gasteiger partial charge in [0.25, 0.3) is 0 Å². The summed E-state index contributed by atoms with van der Waals surface area (Å²) in [6, 6.07) is 0.458. The van der Waals surface area contributed by atoms with Gasteiger partial charge in [0, 0.05) is 6.04 Å². The van der Waals surface area contributed by atoms with Crippen molar-refractivity contribution in [1.29, 1.82) is 0 Å². The first-order valence-electron chi connectivity index (χ1n) is 5.40. The number of hydrogen-bond donors (Lipinski definition) is 1. The summed E-state index contributed by atoms with van der Waals surface area (Å²) in [6.07, 6.45) is 5.25. The molecule has 0 spiro atoms. The number of nitrogens with two attached hydrogens (primary N) is 1. The van der Waals surface area contributed by atoms with E-state index in [1.165, 1.54) is 19.3 Å². The van der Waals surface area contributed by atoms with E-state index in [2.05, 4.69) is 20.8 Å². The summed E-state index contributed by atoms with van der Waals surface area (Å²) in [5.41, 5.74) is 6.06. The molecule has 0 aliphatic heterocycles. The van der Waals surface area contributed by atoms with Crippen molar-refractivity contribution in [1.82, 2.24) is 0 Å².